The van der Waals surface area contributed by atoms with E-state index in [1.807, 2.05) is 6.07 Å². The zero-order valence-corrected chi connectivity index (χ0v) is 20.1. The number of nitrogens with zero attached hydrogens (tertiary/aromatic N) is 2. The molecule has 0 radical (unpaired) electrons. The van der Waals surface area contributed by atoms with Crippen LogP contribution >= 0.6 is 0 Å². The highest BCUT2D eigenvalue weighted by molar-refractivity contribution is 5.69. The average molecular weight is 540 g/mol. The predicted octanol–water partition coefficient (Wildman–Crippen LogP) is 7.30. The minimum absolute atomic E-state index is 0.0348. The highest BCUT2D eigenvalue weighted by Gasteiger charge is 2.75. The van der Waals surface area contributed by atoms with Crippen molar-refractivity contribution in [2.24, 2.45) is 0 Å². The molecule has 0 unspecified atom stereocenters. The Kier molecular flexibility index (Phi) is 10.8. The van der Waals surface area contributed by atoms with Crippen molar-refractivity contribution in [3.8, 4) is 11.4 Å². The van der Waals surface area contributed by atoms with E-state index >= 15 is 0 Å². The lowest BCUT2D eigenvalue weighted by Gasteiger charge is -2.31. The van der Waals surface area contributed by atoms with Crippen molar-refractivity contribution < 1.29 is 44.7 Å². The van der Waals surface area contributed by atoms with Gasteiger partial charge in [-0.1, -0.05) is 56.9 Å². The fraction of sp³-hybridized carbons (Fsp3) is 0.560. The minimum atomic E-state index is -6.42. The van der Waals surface area contributed by atoms with Gasteiger partial charge in [0.05, 0.1) is 0 Å². The van der Waals surface area contributed by atoms with Gasteiger partial charge < -0.3 is 4.74 Å². The van der Waals surface area contributed by atoms with Crippen LogP contribution in [0.1, 0.15) is 56.7 Å². The van der Waals surface area contributed by atoms with Gasteiger partial charge >= 0.3 is 30.2 Å². The summed E-state index contributed by atoms with van der Waals surface area (Å²) in [5, 5.41) is 0. The molecular weight excluding hydrogens is 512 g/mol. The number of hydrogen-bond donors (Lipinski definition) is 0. The first-order chi connectivity index (χ1) is 17.3. The van der Waals surface area contributed by atoms with Crippen LogP contribution in [0.2, 0.25) is 0 Å². The second-order valence-corrected chi connectivity index (χ2v) is 8.60. The third-order valence-electron chi connectivity index (χ3n) is 5.65. The summed E-state index contributed by atoms with van der Waals surface area (Å²) in [5.74, 6) is -19.3. The molecular formula is C25H28F8N2O2. The molecule has 0 aliphatic heterocycles. The van der Waals surface area contributed by atoms with Crippen molar-refractivity contribution in [3.63, 3.8) is 0 Å². The van der Waals surface area contributed by atoms with Gasteiger partial charge in [-0.05, 0) is 30.9 Å². The molecule has 37 heavy (non-hydrogen) atoms. The van der Waals surface area contributed by atoms with E-state index < -0.39 is 43.2 Å². The van der Waals surface area contributed by atoms with E-state index in [-0.39, 0.29) is 6.42 Å². The molecule has 1 heterocycles. The first kappa shape index (κ1) is 30.4. The van der Waals surface area contributed by atoms with E-state index in [1.165, 1.54) is 12.8 Å². The molecule has 0 aliphatic rings. The normalized spacial score (nSPS) is 12.7. The molecule has 0 atom stereocenters. The van der Waals surface area contributed by atoms with Gasteiger partial charge in [0.15, 0.2) is 12.4 Å². The van der Waals surface area contributed by atoms with E-state index in [0.717, 1.165) is 31.4 Å². The first-order valence-corrected chi connectivity index (χ1v) is 11.8. The number of aromatic nitrogens is 2. The van der Waals surface area contributed by atoms with Crippen LogP contribution in [0, 0.1) is 0 Å². The van der Waals surface area contributed by atoms with Crippen LogP contribution in [-0.2, 0) is 22.4 Å². The van der Waals surface area contributed by atoms with Crippen LogP contribution in [0.25, 0.3) is 11.4 Å². The molecule has 0 aliphatic carbocycles. The van der Waals surface area contributed by atoms with Gasteiger partial charge in [-0.2, -0.15) is 26.3 Å². The topological polar surface area (TPSA) is 52.1 Å². The molecule has 4 nitrogen and oxygen atoms in total. The van der Waals surface area contributed by atoms with Crippen LogP contribution in [0.15, 0.2) is 36.5 Å². The number of ether oxygens (including phenoxy) is 1. The Morgan fingerprint density at radius 2 is 1.57 bits per heavy atom. The number of unbranched alkanes of at least 4 members (excludes halogenated alkanes) is 4. The van der Waals surface area contributed by atoms with Gasteiger partial charge in [0, 0.05) is 23.9 Å². The molecule has 2 aromatic rings. The Bertz CT molecular complexity index is 1000. The number of carbonyl (C=O) groups is 1. The third-order valence-corrected chi connectivity index (χ3v) is 5.65. The lowest BCUT2D eigenvalue weighted by Crippen LogP contribution is -2.59. The number of rotatable bonds is 15. The second kappa shape index (κ2) is 13.1. The fourth-order valence-corrected chi connectivity index (χ4v) is 3.37. The smallest absolute Gasteiger partial charge is 0.381 e. The molecule has 206 valence electrons. The number of benzene rings is 1. The first-order valence-electron chi connectivity index (χ1n) is 11.8. The summed E-state index contributed by atoms with van der Waals surface area (Å²) in [6.07, 6.45) is 2.55. The number of carbonyl (C=O) groups excluding carboxylic acids is 1. The highest BCUT2D eigenvalue weighted by atomic mass is 19.4. The molecule has 0 saturated carbocycles. The summed E-state index contributed by atoms with van der Waals surface area (Å²) >= 11 is 0. The largest absolute Gasteiger partial charge is 0.459 e. The van der Waals surface area contributed by atoms with Crippen LogP contribution < -0.4 is 0 Å². The maximum atomic E-state index is 13.5. The quantitative estimate of drug-likeness (QED) is 0.135. The molecule has 2 rings (SSSR count). The van der Waals surface area contributed by atoms with Crippen LogP contribution in [0.5, 0.6) is 0 Å². The molecule has 0 fully saturated rings. The zero-order valence-electron chi connectivity index (χ0n) is 20.1. The van der Waals surface area contributed by atoms with Gasteiger partial charge in [-0.3, -0.25) is 4.79 Å². The van der Waals surface area contributed by atoms with Gasteiger partial charge in [-0.15, -0.1) is 0 Å². The Hall–Kier alpha value is -2.79. The van der Waals surface area contributed by atoms with Crippen molar-refractivity contribution in [1.29, 1.82) is 0 Å². The number of halogens is 8. The summed E-state index contributed by atoms with van der Waals surface area (Å²) < 4.78 is 107. The lowest BCUT2D eigenvalue weighted by molar-refractivity contribution is -0.344. The molecule has 12 heteroatoms. The molecule has 1 aromatic heterocycles. The monoisotopic (exact) mass is 540 g/mol. The van der Waals surface area contributed by atoms with Crippen molar-refractivity contribution in [2.45, 2.75) is 82.5 Å². The van der Waals surface area contributed by atoms with Crippen molar-refractivity contribution in [1.82, 2.24) is 9.97 Å². The van der Waals surface area contributed by atoms with Gasteiger partial charge in [-0.25, -0.2) is 18.7 Å². The van der Waals surface area contributed by atoms with E-state index in [2.05, 4.69) is 21.6 Å². The number of hydrogen-bond acceptors (Lipinski definition) is 4. The van der Waals surface area contributed by atoms with Gasteiger partial charge in [0.2, 0.25) is 0 Å². The van der Waals surface area contributed by atoms with Crippen molar-refractivity contribution in [2.75, 3.05) is 6.61 Å². The number of aryl methyl sites for hydroxylation is 2. The summed E-state index contributed by atoms with van der Waals surface area (Å²) in [7, 11) is 0. The lowest BCUT2D eigenvalue weighted by atomic mass is 10.1. The molecule has 0 bridgehead atoms. The van der Waals surface area contributed by atoms with Crippen molar-refractivity contribution >= 4 is 5.97 Å². The number of esters is 1. The zero-order chi connectivity index (χ0) is 27.7. The second-order valence-electron chi connectivity index (χ2n) is 8.60. The molecule has 0 spiro atoms. The maximum absolute atomic E-state index is 13.5. The van der Waals surface area contributed by atoms with E-state index in [9.17, 15) is 39.9 Å². The molecule has 1 aromatic carbocycles. The Labute approximate surface area is 209 Å². The maximum Gasteiger partial charge on any atom is 0.381 e. The van der Waals surface area contributed by atoms with Gasteiger partial charge in [0.25, 0.3) is 0 Å². The van der Waals surface area contributed by atoms with Crippen molar-refractivity contribution in [3.05, 3.63) is 47.8 Å². The fourth-order valence-electron chi connectivity index (χ4n) is 3.37. The van der Waals surface area contributed by atoms with Crippen LogP contribution in [0.4, 0.5) is 35.1 Å². The van der Waals surface area contributed by atoms with Crippen LogP contribution in [0.3, 0.4) is 0 Å². The molecule has 0 amide bonds. The van der Waals surface area contributed by atoms with Crippen LogP contribution in [-0.4, -0.2) is 46.7 Å². The molecule has 0 saturated heterocycles. The summed E-state index contributed by atoms with van der Waals surface area (Å²) in [4.78, 5) is 20.5. The average Bonchev–Trinajstić information content (AvgIpc) is 2.86. The number of alkyl halides is 8. The Balaban J connectivity index is 1.88. The third kappa shape index (κ3) is 8.10. The SMILES string of the molecule is CCCCCCCc1ccnc(-c2ccc(CCC(=O)OCC(F)(F)C(F)(F)C(F)(F)C(F)F)cc2)n1. The summed E-state index contributed by atoms with van der Waals surface area (Å²) in [6, 6.07) is 8.45. The van der Waals surface area contributed by atoms with Gasteiger partial charge in [0.1, 0.15) is 0 Å². The van der Waals surface area contributed by atoms with E-state index in [0.29, 0.717) is 17.0 Å². The van der Waals surface area contributed by atoms with E-state index in [1.54, 1.807) is 30.5 Å². The molecule has 0 N–H and O–H groups in total. The Morgan fingerprint density at radius 1 is 0.919 bits per heavy atom. The summed E-state index contributed by atoms with van der Waals surface area (Å²) in [6.45, 7) is -0.320. The van der Waals surface area contributed by atoms with E-state index in [4.69, 9.17) is 0 Å². The predicted molar refractivity (Wildman–Crippen MR) is 120 cm³/mol. The minimum Gasteiger partial charge on any atom is -0.459 e. The highest BCUT2D eigenvalue weighted by Crippen LogP contribution is 2.48. The summed E-state index contributed by atoms with van der Waals surface area (Å²) in [5.41, 5.74) is 2.16. The Morgan fingerprint density at radius 3 is 2.19 bits per heavy atom. The standard InChI is InChI=1S/C25H28F8N2O2/c1-2-3-4-5-6-7-19-14-15-34-21(35-19)18-11-8-17(9-12-18)10-13-20(36)37-16-23(28,29)25(32,33)24(30,31)22(26)27/h8-9,11-12,14-15,22H,2-7,10,13,16H2,1H3.